The van der Waals surface area contributed by atoms with Gasteiger partial charge in [0.05, 0.1) is 22.9 Å². The van der Waals surface area contributed by atoms with Crippen LogP contribution in [0.1, 0.15) is 11.1 Å². The summed E-state index contributed by atoms with van der Waals surface area (Å²) in [7, 11) is 0. The Hall–Kier alpha value is -3.26. The third-order valence-electron chi connectivity index (χ3n) is 5.03. The van der Waals surface area contributed by atoms with Crippen molar-refractivity contribution in [3.63, 3.8) is 0 Å². The second-order valence-electron chi connectivity index (χ2n) is 6.87. The van der Waals surface area contributed by atoms with Crippen molar-refractivity contribution in [2.75, 3.05) is 0 Å². The lowest BCUT2D eigenvalue weighted by Crippen LogP contribution is -1.93. The van der Waals surface area contributed by atoms with Crippen molar-refractivity contribution >= 4 is 32.6 Å². The van der Waals surface area contributed by atoms with E-state index < -0.39 is 0 Å². The van der Waals surface area contributed by atoms with Crippen molar-refractivity contribution in [1.82, 2.24) is 9.97 Å². The molecule has 0 saturated heterocycles. The SMILES string of the molecule is Cc1cc(C)c2c3ccccc3c3ncc(-c4ccccc4)nc3c2c1. The molecule has 0 radical (unpaired) electrons. The molecule has 1 heterocycles. The van der Waals surface area contributed by atoms with Crippen LogP contribution in [0.3, 0.4) is 0 Å². The lowest BCUT2D eigenvalue weighted by Gasteiger charge is -2.13. The monoisotopic (exact) mass is 334 g/mol. The van der Waals surface area contributed by atoms with Gasteiger partial charge >= 0.3 is 0 Å². The fourth-order valence-electron chi connectivity index (χ4n) is 3.94. The predicted molar refractivity (Wildman–Crippen MR) is 109 cm³/mol. The number of nitrogens with zero attached hydrogens (tertiary/aromatic N) is 2. The summed E-state index contributed by atoms with van der Waals surface area (Å²) in [5, 5.41) is 4.86. The molecule has 0 spiro atoms. The van der Waals surface area contributed by atoms with E-state index in [9.17, 15) is 0 Å². The van der Waals surface area contributed by atoms with Crippen LogP contribution in [-0.2, 0) is 0 Å². The summed E-state index contributed by atoms with van der Waals surface area (Å²) in [6, 6.07) is 23.2. The van der Waals surface area contributed by atoms with Gasteiger partial charge in [-0.25, -0.2) is 4.98 Å². The van der Waals surface area contributed by atoms with Gasteiger partial charge in [-0.05, 0) is 36.2 Å². The van der Waals surface area contributed by atoms with E-state index in [0.29, 0.717) is 0 Å². The van der Waals surface area contributed by atoms with Crippen LogP contribution in [-0.4, -0.2) is 9.97 Å². The molecule has 0 aliphatic carbocycles. The standard InChI is InChI=1S/C24H18N2/c1-15-12-16(2)22-18-10-6-7-11-19(18)23-24(20(22)13-15)26-21(14-25-23)17-8-4-3-5-9-17/h3-14H,1-2H3. The van der Waals surface area contributed by atoms with Crippen molar-refractivity contribution in [3.8, 4) is 11.3 Å². The summed E-state index contributed by atoms with van der Waals surface area (Å²) in [4.78, 5) is 9.88. The highest BCUT2D eigenvalue weighted by atomic mass is 14.8. The smallest absolute Gasteiger partial charge is 0.0979 e. The van der Waals surface area contributed by atoms with Gasteiger partial charge in [-0.15, -0.1) is 0 Å². The average Bonchev–Trinajstić information content (AvgIpc) is 2.68. The molecule has 2 heteroatoms. The Morgan fingerprint density at radius 2 is 1.42 bits per heavy atom. The second-order valence-corrected chi connectivity index (χ2v) is 6.87. The zero-order valence-electron chi connectivity index (χ0n) is 14.8. The maximum atomic E-state index is 5.04. The summed E-state index contributed by atoms with van der Waals surface area (Å²) in [6.07, 6.45) is 1.89. The largest absolute Gasteiger partial charge is 0.252 e. The first-order valence-corrected chi connectivity index (χ1v) is 8.86. The van der Waals surface area contributed by atoms with Crippen molar-refractivity contribution in [3.05, 3.63) is 84.1 Å². The molecule has 5 aromatic rings. The second kappa shape index (κ2) is 5.63. The highest BCUT2D eigenvalue weighted by Gasteiger charge is 2.13. The van der Waals surface area contributed by atoms with Gasteiger partial charge in [0.1, 0.15) is 0 Å². The van der Waals surface area contributed by atoms with E-state index in [1.807, 2.05) is 24.4 Å². The molecule has 0 saturated carbocycles. The number of rotatable bonds is 1. The van der Waals surface area contributed by atoms with Crippen LogP contribution in [0.4, 0.5) is 0 Å². The summed E-state index contributed by atoms with van der Waals surface area (Å²) in [5.41, 5.74) is 6.48. The molecule has 0 amide bonds. The first-order chi connectivity index (χ1) is 12.7. The first kappa shape index (κ1) is 15.0. The number of aromatic nitrogens is 2. The molecule has 0 atom stereocenters. The van der Waals surface area contributed by atoms with Crippen LogP contribution in [0.25, 0.3) is 43.8 Å². The molecule has 1 aromatic heterocycles. The van der Waals surface area contributed by atoms with Crippen LogP contribution in [0.15, 0.2) is 72.9 Å². The van der Waals surface area contributed by atoms with Crippen molar-refractivity contribution in [2.45, 2.75) is 13.8 Å². The summed E-state index contributed by atoms with van der Waals surface area (Å²) < 4.78 is 0. The zero-order chi connectivity index (χ0) is 17.7. The molecule has 0 aliphatic rings. The number of aryl methyl sites for hydroxylation is 2. The maximum Gasteiger partial charge on any atom is 0.0979 e. The molecule has 2 nitrogen and oxygen atoms in total. The molecule has 124 valence electrons. The lowest BCUT2D eigenvalue weighted by molar-refractivity contribution is 1.31. The molecule has 0 unspecified atom stereocenters. The third-order valence-corrected chi connectivity index (χ3v) is 5.03. The van der Waals surface area contributed by atoms with Gasteiger partial charge in [-0.1, -0.05) is 66.2 Å². The fraction of sp³-hybridized carbons (Fsp3) is 0.0833. The topological polar surface area (TPSA) is 25.8 Å². The summed E-state index contributed by atoms with van der Waals surface area (Å²) in [5.74, 6) is 0. The van der Waals surface area contributed by atoms with Gasteiger partial charge in [0.2, 0.25) is 0 Å². The Morgan fingerprint density at radius 1 is 0.692 bits per heavy atom. The third kappa shape index (κ3) is 2.19. The Labute approximate surface area is 152 Å². The highest BCUT2D eigenvalue weighted by molar-refractivity contribution is 6.24. The minimum absolute atomic E-state index is 0.911. The Balaban J connectivity index is 2.00. The van der Waals surface area contributed by atoms with Crippen LogP contribution in [0, 0.1) is 13.8 Å². The minimum Gasteiger partial charge on any atom is -0.252 e. The maximum absolute atomic E-state index is 5.04. The van der Waals surface area contributed by atoms with E-state index in [1.165, 1.54) is 27.3 Å². The Morgan fingerprint density at radius 3 is 2.23 bits per heavy atom. The molecule has 0 aliphatic heterocycles. The number of benzene rings is 4. The molecule has 5 rings (SSSR count). The molecule has 0 fully saturated rings. The summed E-state index contributed by atoms with van der Waals surface area (Å²) in [6.45, 7) is 4.32. The highest BCUT2D eigenvalue weighted by Crippen LogP contribution is 2.36. The van der Waals surface area contributed by atoms with Crippen LogP contribution in [0.5, 0.6) is 0 Å². The lowest BCUT2D eigenvalue weighted by atomic mass is 9.94. The van der Waals surface area contributed by atoms with E-state index in [0.717, 1.165) is 27.7 Å². The van der Waals surface area contributed by atoms with Crippen molar-refractivity contribution < 1.29 is 0 Å². The normalized spacial score (nSPS) is 11.5. The Bertz CT molecular complexity index is 1290. The van der Waals surface area contributed by atoms with Gasteiger partial charge < -0.3 is 0 Å². The predicted octanol–water partition coefficient (Wildman–Crippen LogP) is 6.22. The van der Waals surface area contributed by atoms with E-state index in [4.69, 9.17) is 9.97 Å². The number of fused-ring (bicyclic) bond motifs is 6. The molecule has 0 bridgehead atoms. The van der Waals surface area contributed by atoms with Crippen LogP contribution in [0.2, 0.25) is 0 Å². The molecular weight excluding hydrogens is 316 g/mol. The average molecular weight is 334 g/mol. The van der Waals surface area contributed by atoms with Gasteiger partial charge in [-0.3, -0.25) is 4.98 Å². The first-order valence-electron chi connectivity index (χ1n) is 8.86. The molecule has 4 aromatic carbocycles. The molecule has 26 heavy (non-hydrogen) atoms. The van der Waals surface area contributed by atoms with E-state index >= 15 is 0 Å². The van der Waals surface area contributed by atoms with Crippen molar-refractivity contribution in [1.29, 1.82) is 0 Å². The van der Waals surface area contributed by atoms with Crippen LogP contribution < -0.4 is 0 Å². The quantitative estimate of drug-likeness (QED) is 0.340. The van der Waals surface area contributed by atoms with Crippen molar-refractivity contribution in [2.24, 2.45) is 0 Å². The number of hydrogen-bond donors (Lipinski definition) is 0. The number of hydrogen-bond acceptors (Lipinski definition) is 2. The summed E-state index contributed by atoms with van der Waals surface area (Å²) >= 11 is 0. The fourth-order valence-corrected chi connectivity index (χ4v) is 3.94. The van der Waals surface area contributed by atoms with Gasteiger partial charge in [0.15, 0.2) is 0 Å². The van der Waals surface area contributed by atoms with E-state index in [-0.39, 0.29) is 0 Å². The van der Waals surface area contributed by atoms with E-state index in [1.54, 1.807) is 0 Å². The Kier molecular flexibility index (Phi) is 3.26. The molecular formula is C24H18N2. The zero-order valence-corrected chi connectivity index (χ0v) is 14.8. The molecule has 0 N–H and O–H groups in total. The van der Waals surface area contributed by atoms with Gasteiger partial charge in [0.25, 0.3) is 0 Å². The van der Waals surface area contributed by atoms with Crippen LogP contribution >= 0.6 is 0 Å². The minimum atomic E-state index is 0.911. The van der Waals surface area contributed by atoms with Gasteiger partial charge in [-0.2, -0.15) is 0 Å². The van der Waals surface area contributed by atoms with Gasteiger partial charge in [0, 0.05) is 16.3 Å². The van der Waals surface area contributed by atoms with E-state index in [2.05, 4.69) is 62.4 Å².